The minimum Gasteiger partial charge on any atom is -0.464 e. The minimum atomic E-state index is -0.663. The molecule has 1 amide bonds. The molecule has 0 radical (unpaired) electrons. The maximum atomic E-state index is 12.2. The lowest BCUT2D eigenvalue weighted by Crippen LogP contribution is -2.45. The molecular formula is C17H33NO4. The van der Waals surface area contributed by atoms with E-state index in [-0.39, 0.29) is 11.9 Å². The Labute approximate surface area is 135 Å². The molecule has 0 saturated carbocycles. The van der Waals surface area contributed by atoms with Crippen molar-refractivity contribution in [3.63, 3.8) is 0 Å². The van der Waals surface area contributed by atoms with Gasteiger partial charge in [-0.05, 0) is 39.0 Å². The molecule has 0 aliphatic carbocycles. The zero-order chi connectivity index (χ0) is 17.3. The number of esters is 1. The molecule has 0 rings (SSSR count). The highest BCUT2D eigenvalue weighted by atomic mass is 16.6. The fourth-order valence-electron chi connectivity index (χ4n) is 1.96. The van der Waals surface area contributed by atoms with Gasteiger partial charge in [-0.25, -0.2) is 9.59 Å². The first-order chi connectivity index (χ1) is 10.1. The number of alkyl carbamates (subject to hydrolysis) is 1. The topological polar surface area (TPSA) is 64.6 Å². The minimum absolute atomic E-state index is 0.264. The SMILES string of the molecule is CCC(CC)COC(=O)C(CC(C)C)NC(=O)OC(C)(C)C. The molecule has 130 valence electrons. The number of carbonyl (C=O) groups excluding carboxylic acids is 2. The van der Waals surface area contributed by atoms with Gasteiger partial charge in [-0.2, -0.15) is 0 Å². The number of carbonyl (C=O) groups is 2. The molecule has 0 aromatic heterocycles. The molecule has 0 saturated heterocycles. The molecule has 1 unspecified atom stereocenters. The number of ether oxygens (including phenoxy) is 2. The summed E-state index contributed by atoms with van der Waals surface area (Å²) in [7, 11) is 0. The van der Waals surface area contributed by atoms with Crippen molar-refractivity contribution in [3.05, 3.63) is 0 Å². The van der Waals surface area contributed by atoms with E-state index >= 15 is 0 Å². The summed E-state index contributed by atoms with van der Waals surface area (Å²) in [5.41, 5.74) is -0.591. The van der Waals surface area contributed by atoms with Crippen LogP contribution in [0.15, 0.2) is 0 Å². The predicted octanol–water partition coefficient (Wildman–Crippen LogP) is 3.91. The Kier molecular flexibility index (Phi) is 9.14. The summed E-state index contributed by atoms with van der Waals surface area (Å²) < 4.78 is 10.6. The number of hydrogen-bond donors (Lipinski definition) is 1. The van der Waals surface area contributed by atoms with Gasteiger partial charge in [0.1, 0.15) is 11.6 Å². The summed E-state index contributed by atoms with van der Waals surface area (Å²) in [6.45, 7) is 13.9. The van der Waals surface area contributed by atoms with E-state index in [1.807, 2.05) is 13.8 Å². The Hall–Kier alpha value is -1.26. The first-order valence-electron chi connectivity index (χ1n) is 8.25. The summed E-state index contributed by atoms with van der Waals surface area (Å²) in [6.07, 6.45) is 1.88. The van der Waals surface area contributed by atoms with Crippen LogP contribution in [0.4, 0.5) is 4.79 Å². The standard InChI is InChI=1S/C17H33NO4/c1-8-13(9-2)11-21-15(19)14(10-12(3)4)18-16(20)22-17(5,6)7/h12-14H,8-11H2,1-7H3,(H,18,20). The van der Waals surface area contributed by atoms with E-state index < -0.39 is 17.7 Å². The Balaban J connectivity index is 4.61. The number of nitrogens with one attached hydrogen (secondary N) is 1. The summed E-state index contributed by atoms with van der Waals surface area (Å²) in [5.74, 6) is 0.247. The summed E-state index contributed by atoms with van der Waals surface area (Å²) >= 11 is 0. The van der Waals surface area contributed by atoms with Crippen LogP contribution in [0.2, 0.25) is 0 Å². The van der Waals surface area contributed by atoms with Crippen LogP contribution >= 0.6 is 0 Å². The van der Waals surface area contributed by atoms with Gasteiger partial charge in [0.05, 0.1) is 6.61 Å². The van der Waals surface area contributed by atoms with E-state index in [1.165, 1.54) is 0 Å². The molecule has 5 heteroatoms. The van der Waals surface area contributed by atoms with Gasteiger partial charge in [0.15, 0.2) is 0 Å². The van der Waals surface area contributed by atoms with E-state index in [9.17, 15) is 9.59 Å². The fraction of sp³-hybridized carbons (Fsp3) is 0.882. The summed E-state index contributed by atoms with van der Waals surface area (Å²) in [6, 6.07) is -0.663. The third-order valence-corrected chi connectivity index (χ3v) is 3.30. The van der Waals surface area contributed by atoms with Crippen LogP contribution in [0, 0.1) is 11.8 Å². The molecule has 5 nitrogen and oxygen atoms in total. The van der Waals surface area contributed by atoms with Crippen LogP contribution in [0.1, 0.15) is 67.7 Å². The maximum Gasteiger partial charge on any atom is 0.408 e. The molecule has 0 aromatic rings. The van der Waals surface area contributed by atoms with Crippen LogP contribution in [0.25, 0.3) is 0 Å². The van der Waals surface area contributed by atoms with E-state index in [2.05, 4.69) is 19.2 Å². The molecule has 0 spiro atoms. The van der Waals surface area contributed by atoms with E-state index in [0.717, 1.165) is 12.8 Å². The largest absolute Gasteiger partial charge is 0.464 e. The third-order valence-electron chi connectivity index (χ3n) is 3.30. The normalized spacial score (nSPS) is 13.1. The van der Waals surface area contributed by atoms with Crippen molar-refractivity contribution < 1.29 is 19.1 Å². The van der Waals surface area contributed by atoms with Crippen molar-refractivity contribution in [2.75, 3.05) is 6.61 Å². The van der Waals surface area contributed by atoms with Crippen LogP contribution in [0.3, 0.4) is 0 Å². The third kappa shape index (κ3) is 9.64. The van der Waals surface area contributed by atoms with Crippen molar-refractivity contribution in [3.8, 4) is 0 Å². The van der Waals surface area contributed by atoms with Crippen molar-refractivity contribution in [2.24, 2.45) is 11.8 Å². The van der Waals surface area contributed by atoms with Gasteiger partial charge < -0.3 is 14.8 Å². The molecule has 0 aliphatic heterocycles. The van der Waals surface area contributed by atoms with Crippen LogP contribution in [0.5, 0.6) is 0 Å². The molecule has 1 N–H and O–H groups in total. The first-order valence-corrected chi connectivity index (χ1v) is 8.25. The van der Waals surface area contributed by atoms with E-state index in [1.54, 1.807) is 20.8 Å². The second kappa shape index (κ2) is 9.70. The van der Waals surface area contributed by atoms with Gasteiger partial charge >= 0.3 is 12.1 Å². The number of amides is 1. The van der Waals surface area contributed by atoms with Crippen molar-refractivity contribution >= 4 is 12.1 Å². The van der Waals surface area contributed by atoms with Gasteiger partial charge in [0.2, 0.25) is 0 Å². The van der Waals surface area contributed by atoms with Crippen molar-refractivity contribution in [1.82, 2.24) is 5.32 Å². The Morgan fingerprint density at radius 3 is 2.05 bits per heavy atom. The number of rotatable bonds is 8. The van der Waals surface area contributed by atoms with E-state index in [4.69, 9.17) is 9.47 Å². The van der Waals surface area contributed by atoms with Gasteiger partial charge in [0, 0.05) is 0 Å². The van der Waals surface area contributed by atoms with Gasteiger partial charge in [0.25, 0.3) is 0 Å². The van der Waals surface area contributed by atoms with Crippen molar-refractivity contribution in [2.45, 2.75) is 79.4 Å². The second-order valence-corrected chi connectivity index (χ2v) is 7.14. The van der Waals surface area contributed by atoms with Crippen molar-refractivity contribution in [1.29, 1.82) is 0 Å². The monoisotopic (exact) mass is 315 g/mol. The second-order valence-electron chi connectivity index (χ2n) is 7.14. The average molecular weight is 315 g/mol. The smallest absolute Gasteiger partial charge is 0.408 e. The Morgan fingerprint density at radius 2 is 1.64 bits per heavy atom. The Bertz CT molecular complexity index is 343. The highest BCUT2D eigenvalue weighted by molar-refractivity contribution is 5.81. The first kappa shape index (κ1) is 20.7. The lowest BCUT2D eigenvalue weighted by atomic mass is 10.0. The molecular weight excluding hydrogens is 282 g/mol. The fourth-order valence-corrected chi connectivity index (χ4v) is 1.96. The predicted molar refractivity (Wildman–Crippen MR) is 87.6 cm³/mol. The zero-order valence-corrected chi connectivity index (χ0v) is 15.2. The lowest BCUT2D eigenvalue weighted by Gasteiger charge is -2.24. The molecule has 1 atom stereocenters. The summed E-state index contributed by atoms with van der Waals surface area (Å²) in [5, 5.41) is 2.63. The molecule has 22 heavy (non-hydrogen) atoms. The summed E-state index contributed by atoms with van der Waals surface area (Å²) in [4.78, 5) is 24.1. The highest BCUT2D eigenvalue weighted by Gasteiger charge is 2.26. The highest BCUT2D eigenvalue weighted by Crippen LogP contribution is 2.12. The molecule has 0 bridgehead atoms. The lowest BCUT2D eigenvalue weighted by molar-refractivity contribution is -0.148. The van der Waals surface area contributed by atoms with Gasteiger partial charge in [-0.3, -0.25) is 0 Å². The van der Waals surface area contributed by atoms with Crippen LogP contribution < -0.4 is 5.32 Å². The van der Waals surface area contributed by atoms with Crippen LogP contribution in [-0.2, 0) is 14.3 Å². The zero-order valence-electron chi connectivity index (χ0n) is 15.2. The van der Waals surface area contributed by atoms with Gasteiger partial charge in [-0.15, -0.1) is 0 Å². The average Bonchev–Trinajstić information content (AvgIpc) is 2.36. The van der Waals surface area contributed by atoms with E-state index in [0.29, 0.717) is 18.9 Å². The molecule has 0 aliphatic rings. The molecule has 0 heterocycles. The number of hydrogen-bond acceptors (Lipinski definition) is 4. The quantitative estimate of drug-likeness (QED) is 0.690. The molecule has 0 fully saturated rings. The van der Waals surface area contributed by atoms with Crippen LogP contribution in [-0.4, -0.2) is 30.3 Å². The molecule has 0 aromatic carbocycles. The maximum absolute atomic E-state index is 12.2. The van der Waals surface area contributed by atoms with Gasteiger partial charge in [-0.1, -0.05) is 40.5 Å². The Morgan fingerprint density at radius 1 is 1.09 bits per heavy atom.